The van der Waals surface area contributed by atoms with E-state index < -0.39 is 0 Å². The molecule has 0 radical (unpaired) electrons. The Kier molecular flexibility index (Phi) is 6.93. The summed E-state index contributed by atoms with van der Waals surface area (Å²) in [6, 6.07) is 37.5. The van der Waals surface area contributed by atoms with Crippen LogP contribution in [0.2, 0.25) is 0 Å². The van der Waals surface area contributed by atoms with Gasteiger partial charge in [-0.15, -0.1) is 0 Å². The van der Waals surface area contributed by atoms with Gasteiger partial charge in [-0.25, -0.2) is 0 Å². The number of aryl methyl sites for hydroxylation is 6. The zero-order valence-electron chi connectivity index (χ0n) is 28.3. The molecular weight excluding hydrogens is 539 g/mol. The van der Waals surface area contributed by atoms with Crippen molar-refractivity contribution >= 4 is 55.4 Å². The molecule has 0 atom stereocenters. The van der Waals surface area contributed by atoms with Crippen LogP contribution in [0.3, 0.4) is 0 Å². The molecule has 0 aliphatic heterocycles. The third kappa shape index (κ3) is 4.85. The lowest BCUT2D eigenvalue weighted by Crippen LogP contribution is -2.56. The van der Waals surface area contributed by atoms with Crippen molar-refractivity contribution < 1.29 is 0 Å². The van der Waals surface area contributed by atoms with Crippen LogP contribution < -0.4 is 16.4 Å². The van der Waals surface area contributed by atoms with Crippen molar-refractivity contribution in [1.29, 1.82) is 0 Å². The first-order valence-electron chi connectivity index (χ1n) is 16.4. The molecule has 0 aliphatic carbocycles. The number of hydrogen-bond acceptors (Lipinski definition) is 0. The second-order valence-corrected chi connectivity index (χ2v) is 14.6. The molecule has 222 valence electrons. The van der Waals surface area contributed by atoms with Gasteiger partial charge in [-0.05, 0) is 96.0 Å². The molecule has 0 fully saturated rings. The summed E-state index contributed by atoms with van der Waals surface area (Å²) in [6.07, 6.45) is 0. The standard InChI is InChI=1S/C44H43B/c1-26-21-28(3)42(29(4)22-26)45(43-30(5)23-27(2)24-31(43)6)39-20-16-33-14-18-37-36(34-11-10-12-35(25-34)44(7,8)9)17-13-32-15-19-38(39)41(33)40(32)37/h10-25H,1-9H3. The minimum Gasteiger partial charge on any atom is -0.0657 e. The van der Waals surface area contributed by atoms with E-state index in [2.05, 4.69) is 159 Å². The zero-order chi connectivity index (χ0) is 31.8. The highest BCUT2D eigenvalue weighted by molar-refractivity contribution is 6.98. The predicted octanol–water partition coefficient (Wildman–Crippen LogP) is 9.92. The van der Waals surface area contributed by atoms with Crippen molar-refractivity contribution in [1.82, 2.24) is 0 Å². The maximum atomic E-state index is 2.41. The first kappa shape index (κ1) is 29.4. The van der Waals surface area contributed by atoms with Gasteiger partial charge in [0.2, 0.25) is 6.71 Å². The summed E-state index contributed by atoms with van der Waals surface area (Å²) in [6.45, 7) is 20.7. The van der Waals surface area contributed by atoms with Crippen LogP contribution in [-0.4, -0.2) is 6.71 Å². The average Bonchev–Trinajstić information content (AvgIpc) is 2.97. The lowest BCUT2D eigenvalue weighted by Gasteiger charge is -2.26. The molecular formula is C44H43B. The molecule has 45 heavy (non-hydrogen) atoms. The van der Waals surface area contributed by atoms with Crippen molar-refractivity contribution in [3.05, 3.63) is 136 Å². The van der Waals surface area contributed by atoms with Crippen LogP contribution in [-0.2, 0) is 5.41 Å². The fourth-order valence-electron chi connectivity index (χ4n) is 8.23. The molecule has 0 saturated carbocycles. The van der Waals surface area contributed by atoms with Gasteiger partial charge < -0.3 is 0 Å². The second-order valence-electron chi connectivity index (χ2n) is 14.6. The van der Waals surface area contributed by atoms with Crippen molar-refractivity contribution in [3.63, 3.8) is 0 Å². The highest BCUT2D eigenvalue weighted by Crippen LogP contribution is 2.40. The van der Waals surface area contributed by atoms with Gasteiger partial charge >= 0.3 is 0 Å². The Hall–Kier alpha value is -4.36. The SMILES string of the molecule is Cc1cc(C)c(B(c2c(C)cc(C)cc2C)c2ccc3ccc4c(-c5cccc(C(C)(C)C)c5)ccc5ccc2c3c54)c(C)c1. The van der Waals surface area contributed by atoms with Crippen LogP contribution in [0, 0.1) is 41.5 Å². The Balaban J connectivity index is 1.56. The van der Waals surface area contributed by atoms with E-state index in [4.69, 9.17) is 0 Å². The monoisotopic (exact) mass is 582 g/mol. The molecule has 0 heterocycles. The number of rotatable bonds is 4. The highest BCUT2D eigenvalue weighted by Gasteiger charge is 2.30. The third-order valence-electron chi connectivity index (χ3n) is 10.1. The predicted molar refractivity (Wildman–Crippen MR) is 200 cm³/mol. The Morgan fingerprint density at radius 2 is 0.978 bits per heavy atom. The average molecular weight is 583 g/mol. The molecule has 0 unspecified atom stereocenters. The van der Waals surface area contributed by atoms with Crippen molar-refractivity contribution in [2.75, 3.05) is 0 Å². The zero-order valence-corrected chi connectivity index (χ0v) is 28.3. The second kappa shape index (κ2) is 10.6. The highest BCUT2D eigenvalue weighted by atomic mass is 14.2. The van der Waals surface area contributed by atoms with Crippen LogP contribution in [0.4, 0.5) is 0 Å². The molecule has 0 spiro atoms. The van der Waals surface area contributed by atoms with E-state index >= 15 is 0 Å². The summed E-state index contributed by atoms with van der Waals surface area (Å²) in [5.74, 6) is 0. The fourth-order valence-corrected chi connectivity index (χ4v) is 8.23. The van der Waals surface area contributed by atoms with Gasteiger partial charge in [0.05, 0.1) is 0 Å². The Bertz CT molecular complexity index is 2160. The molecule has 7 aromatic rings. The Morgan fingerprint density at radius 3 is 1.53 bits per heavy atom. The quantitative estimate of drug-likeness (QED) is 0.143. The van der Waals surface area contributed by atoms with Crippen LogP contribution in [0.25, 0.3) is 43.4 Å². The van der Waals surface area contributed by atoms with Gasteiger partial charge in [0.15, 0.2) is 0 Å². The number of hydrogen-bond donors (Lipinski definition) is 0. The first-order valence-corrected chi connectivity index (χ1v) is 16.4. The van der Waals surface area contributed by atoms with E-state index in [0.29, 0.717) is 0 Å². The summed E-state index contributed by atoms with van der Waals surface area (Å²) in [4.78, 5) is 0. The van der Waals surface area contributed by atoms with Crippen molar-refractivity contribution in [3.8, 4) is 11.1 Å². The van der Waals surface area contributed by atoms with E-state index in [1.165, 1.54) is 98.8 Å². The molecule has 0 bridgehead atoms. The molecule has 0 aliphatic rings. The molecule has 0 saturated heterocycles. The van der Waals surface area contributed by atoms with Crippen LogP contribution in [0.1, 0.15) is 59.7 Å². The first-order chi connectivity index (χ1) is 21.4. The molecule has 7 aromatic carbocycles. The number of benzene rings is 7. The van der Waals surface area contributed by atoms with Gasteiger partial charge in [0.25, 0.3) is 0 Å². The van der Waals surface area contributed by atoms with E-state index in [1.807, 2.05) is 0 Å². The molecule has 1 heteroatoms. The minimum absolute atomic E-state index is 0.0994. The van der Waals surface area contributed by atoms with Gasteiger partial charge in [-0.2, -0.15) is 0 Å². The van der Waals surface area contributed by atoms with Crippen LogP contribution >= 0.6 is 0 Å². The Labute approximate surface area is 269 Å². The van der Waals surface area contributed by atoms with E-state index in [9.17, 15) is 0 Å². The lowest BCUT2D eigenvalue weighted by atomic mass is 9.33. The fraction of sp³-hybridized carbons (Fsp3) is 0.227. The normalized spacial score (nSPS) is 12.1. The summed E-state index contributed by atoms with van der Waals surface area (Å²) in [5, 5.41) is 8.05. The smallest absolute Gasteiger partial charge is 0.0657 e. The molecule has 0 N–H and O–H groups in total. The van der Waals surface area contributed by atoms with Crippen molar-refractivity contribution in [2.24, 2.45) is 0 Å². The van der Waals surface area contributed by atoms with Gasteiger partial charge in [-0.3, -0.25) is 0 Å². The van der Waals surface area contributed by atoms with E-state index in [1.54, 1.807) is 0 Å². The van der Waals surface area contributed by atoms with Crippen molar-refractivity contribution in [2.45, 2.75) is 67.7 Å². The maximum absolute atomic E-state index is 2.41. The molecule has 0 nitrogen and oxygen atoms in total. The molecule has 0 aromatic heterocycles. The third-order valence-corrected chi connectivity index (χ3v) is 10.1. The summed E-state index contributed by atoms with van der Waals surface area (Å²) >= 11 is 0. The molecule has 7 rings (SSSR count). The van der Waals surface area contributed by atoms with Gasteiger partial charge in [0, 0.05) is 0 Å². The van der Waals surface area contributed by atoms with Gasteiger partial charge in [-0.1, -0.05) is 168 Å². The minimum atomic E-state index is 0.0994. The summed E-state index contributed by atoms with van der Waals surface area (Å²) in [7, 11) is 0. The van der Waals surface area contributed by atoms with E-state index in [0.717, 1.165) is 0 Å². The largest absolute Gasteiger partial charge is 0.243 e. The lowest BCUT2D eigenvalue weighted by molar-refractivity contribution is 0.590. The topological polar surface area (TPSA) is 0 Å². The van der Waals surface area contributed by atoms with Crippen LogP contribution in [0.15, 0.2) is 97.1 Å². The van der Waals surface area contributed by atoms with E-state index in [-0.39, 0.29) is 12.1 Å². The Morgan fingerprint density at radius 1 is 0.489 bits per heavy atom. The van der Waals surface area contributed by atoms with Gasteiger partial charge in [0.1, 0.15) is 0 Å². The summed E-state index contributed by atoms with van der Waals surface area (Å²) < 4.78 is 0. The summed E-state index contributed by atoms with van der Waals surface area (Å²) in [5.41, 5.74) is 16.4. The maximum Gasteiger partial charge on any atom is 0.243 e. The van der Waals surface area contributed by atoms with Crippen LogP contribution in [0.5, 0.6) is 0 Å². The molecule has 0 amide bonds.